The van der Waals surface area contributed by atoms with Crippen molar-refractivity contribution in [2.75, 3.05) is 5.73 Å². The van der Waals surface area contributed by atoms with Gasteiger partial charge in [-0.1, -0.05) is 24.3 Å². The van der Waals surface area contributed by atoms with E-state index >= 15 is 0 Å². The lowest BCUT2D eigenvalue weighted by Gasteiger charge is -2.29. The lowest BCUT2D eigenvalue weighted by Crippen LogP contribution is -2.22. The number of nitrogen functional groups attached to an aromatic ring is 1. The average Bonchev–Trinajstić information content (AvgIpc) is 2.54. The van der Waals surface area contributed by atoms with Gasteiger partial charge in [0.2, 0.25) is 5.95 Å². The highest BCUT2D eigenvalue weighted by atomic mass is 79.9. The quantitative estimate of drug-likeness (QED) is 0.914. The zero-order chi connectivity index (χ0) is 11.1. The van der Waals surface area contributed by atoms with E-state index < -0.39 is 0 Å². The predicted molar refractivity (Wildman–Crippen MR) is 65.0 cm³/mol. The second kappa shape index (κ2) is 3.59. The van der Waals surface area contributed by atoms with Crippen LogP contribution < -0.4 is 5.73 Å². The molecule has 1 atom stereocenters. The zero-order valence-corrected chi connectivity index (χ0v) is 10.2. The highest BCUT2D eigenvalue weighted by Crippen LogP contribution is 2.36. The van der Waals surface area contributed by atoms with E-state index in [1.54, 1.807) is 0 Å². The van der Waals surface area contributed by atoms with Crippen LogP contribution in [0.15, 0.2) is 29.0 Å². The minimum absolute atomic E-state index is 0.319. The van der Waals surface area contributed by atoms with E-state index in [-0.39, 0.29) is 0 Å². The van der Waals surface area contributed by atoms with Gasteiger partial charge in [-0.25, -0.2) is 4.68 Å². The summed E-state index contributed by atoms with van der Waals surface area (Å²) in [6.45, 7) is 0.835. The van der Waals surface area contributed by atoms with Crippen LogP contribution in [0.1, 0.15) is 17.0 Å². The molecule has 0 radical (unpaired) electrons. The fraction of sp³-hybridized carbons (Fsp3) is 0.273. The molecule has 1 unspecified atom stereocenters. The molecule has 1 heterocycles. The molecule has 0 fully saturated rings. The molecule has 0 spiro atoms. The summed E-state index contributed by atoms with van der Waals surface area (Å²) in [6.07, 6.45) is 1.11. The van der Waals surface area contributed by atoms with Crippen LogP contribution in [0.25, 0.3) is 0 Å². The number of hydrogen-bond donors (Lipinski definition) is 1. The molecule has 1 aromatic heterocycles. The van der Waals surface area contributed by atoms with Gasteiger partial charge in [-0.05, 0) is 33.5 Å². The van der Waals surface area contributed by atoms with E-state index in [1.165, 1.54) is 11.1 Å². The molecule has 0 aliphatic heterocycles. The van der Waals surface area contributed by atoms with Crippen molar-refractivity contribution < 1.29 is 0 Å². The van der Waals surface area contributed by atoms with Crippen LogP contribution in [0, 0.1) is 0 Å². The van der Waals surface area contributed by atoms with Gasteiger partial charge < -0.3 is 5.73 Å². The fourth-order valence-electron chi connectivity index (χ4n) is 2.19. The second-order valence-corrected chi connectivity index (χ2v) is 4.73. The van der Waals surface area contributed by atoms with Crippen LogP contribution in [-0.4, -0.2) is 14.8 Å². The first kappa shape index (κ1) is 9.84. The smallest absolute Gasteiger partial charge is 0.240 e. The van der Waals surface area contributed by atoms with Crippen molar-refractivity contribution in [3.05, 3.63) is 40.1 Å². The van der Waals surface area contributed by atoms with Crippen LogP contribution in [-0.2, 0) is 13.0 Å². The molecule has 0 amide bonds. The van der Waals surface area contributed by atoms with Crippen LogP contribution in [0.3, 0.4) is 0 Å². The Hall–Kier alpha value is -1.36. The Labute approximate surface area is 102 Å². The van der Waals surface area contributed by atoms with E-state index in [0.717, 1.165) is 13.0 Å². The van der Waals surface area contributed by atoms with Crippen molar-refractivity contribution in [2.45, 2.75) is 18.9 Å². The van der Waals surface area contributed by atoms with Crippen molar-refractivity contribution in [2.24, 2.45) is 0 Å². The maximum absolute atomic E-state index is 5.54. The Morgan fingerprint density at radius 3 is 2.94 bits per heavy atom. The lowest BCUT2D eigenvalue weighted by molar-refractivity contribution is 0.468. The van der Waals surface area contributed by atoms with E-state index in [0.29, 0.717) is 16.6 Å². The number of fused-ring (bicyclic) bond motifs is 1. The average molecular weight is 279 g/mol. The Morgan fingerprint density at radius 1 is 1.44 bits per heavy atom. The van der Waals surface area contributed by atoms with E-state index in [4.69, 9.17) is 5.73 Å². The highest BCUT2D eigenvalue weighted by Gasteiger charge is 2.26. The Bertz CT molecular complexity index is 535. The van der Waals surface area contributed by atoms with Gasteiger partial charge in [0.15, 0.2) is 4.73 Å². The first-order valence-corrected chi connectivity index (χ1v) is 5.97. The van der Waals surface area contributed by atoms with Gasteiger partial charge in [-0.15, -0.1) is 5.10 Å². The molecular formula is C11H11BrN4. The first-order chi connectivity index (χ1) is 7.74. The molecule has 1 aromatic carbocycles. The summed E-state index contributed by atoms with van der Waals surface area (Å²) in [5, 5.41) is 4.14. The van der Waals surface area contributed by atoms with Gasteiger partial charge in [-0.2, -0.15) is 4.98 Å². The van der Waals surface area contributed by atoms with Crippen LogP contribution in [0.4, 0.5) is 5.95 Å². The maximum Gasteiger partial charge on any atom is 0.240 e. The van der Waals surface area contributed by atoms with Crippen molar-refractivity contribution in [1.82, 2.24) is 14.8 Å². The van der Waals surface area contributed by atoms with Crippen LogP contribution in [0.2, 0.25) is 0 Å². The maximum atomic E-state index is 5.54. The molecule has 16 heavy (non-hydrogen) atoms. The summed E-state index contributed by atoms with van der Waals surface area (Å²) in [5.41, 5.74) is 8.40. The summed E-state index contributed by atoms with van der Waals surface area (Å²) in [5.74, 6) is 0.855. The van der Waals surface area contributed by atoms with E-state index in [1.807, 2.05) is 4.68 Å². The lowest BCUT2D eigenvalue weighted by atomic mass is 9.78. The van der Waals surface area contributed by atoms with Gasteiger partial charge in [-0.3, -0.25) is 0 Å². The van der Waals surface area contributed by atoms with Crippen molar-refractivity contribution >= 4 is 21.9 Å². The molecule has 3 rings (SSSR count). The standard InChI is InChI=1S/C11H11BrN4/c12-10-14-11(13)15-16(10)6-8-5-7-3-1-2-4-9(7)8/h1-4,8H,5-6H2,(H2,13,15). The molecule has 0 saturated carbocycles. The molecule has 1 aliphatic carbocycles. The monoisotopic (exact) mass is 278 g/mol. The molecule has 82 valence electrons. The molecule has 5 heteroatoms. The minimum Gasteiger partial charge on any atom is -0.366 e. The van der Waals surface area contributed by atoms with E-state index in [2.05, 4.69) is 50.3 Å². The molecule has 0 saturated heterocycles. The van der Waals surface area contributed by atoms with Crippen molar-refractivity contribution in [1.29, 1.82) is 0 Å². The SMILES string of the molecule is Nc1nc(Br)n(CC2Cc3ccccc32)n1. The van der Waals surface area contributed by atoms with Gasteiger partial charge >= 0.3 is 0 Å². The number of rotatable bonds is 2. The summed E-state index contributed by atoms with van der Waals surface area (Å²) in [4.78, 5) is 4.02. The van der Waals surface area contributed by atoms with Crippen LogP contribution in [0.5, 0.6) is 0 Å². The normalized spacial score (nSPS) is 17.9. The molecule has 0 bridgehead atoms. The predicted octanol–water partition coefficient (Wildman–Crippen LogP) is 1.96. The largest absolute Gasteiger partial charge is 0.366 e. The number of halogens is 1. The Morgan fingerprint density at radius 2 is 2.25 bits per heavy atom. The first-order valence-electron chi connectivity index (χ1n) is 5.17. The number of nitrogens with two attached hydrogens (primary N) is 1. The van der Waals surface area contributed by atoms with Gasteiger partial charge in [0, 0.05) is 5.92 Å². The molecule has 4 nitrogen and oxygen atoms in total. The number of nitrogens with zero attached hydrogens (tertiary/aromatic N) is 3. The molecular weight excluding hydrogens is 268 g/mol. The van der Waals surface area contributed by atoms with Gasteiger partial charge in [0.1, 0.15) is 0 Å². The number of anilines is 1. The van der Waals surface area contributed by atoms with Crippen molar-refractivity contribution in [3.8, 4) is 0 Å². The van der Waals surface area contributed by atoms with Gasteiger partial charge in [0.05, 0.1) is 6.54 Å². The molecule has 2 N–H and O–H groups in total. The third-order valence-electron chi connectivity index (χ3n) is 3.00. The Balaban J connectivity index is 1.82. The fourth-order valence-corrected chi connectivity index (χ4v) is 2.60. The third-order valence-corrected chi connectivity index (χ3v) is 3.58. The topological polar surface area (TPSA) is 56.7 Å². The summed E-state index contributed by atoms with van der Waals surface area (Å²) < 4.78 is 2.52. The van der Waals surface area contributed by atoms with Gasteiger partial charge in [0.25, 0.3) is 0 Å². The number of aromatic nitrogens is 3. The van der Waals surface area contributed by atoms with E-state index in [9.17, 15) is 0 Å². The molecule has 2 aromatic rings. The minimum atomic E-state index is 0.319. The summed E-state index contributed by atoms with van der Waals surface area (Å²) in [7, 11) is 0. The summed E-state index contributed by atoms with van der Waals surface area (Å²) in [6, 6.07) is 8.52. The third kappa shape index (κ3) is 1.51. The van der Waals surface area contributed by atoms with Crippen LogP contribution >= 0.6 is 15.9 Å². The highest BCUT2D eigenvalue weighted by molar-refractivity contribution is 9.10. The molecule has 1 aliphatic rings. The Kier molecular flexibility index (Phi) is 2.21. The summed E-state index contributed by atoms with van der Waals surface area (Å²) >= 11 is 3.35. The van der Waals surface area contributed by atoms with Crippen molar-refractivity contribution in [3.63, 3.8) is 0 Å². The number of hydrogen-bond acceptors (Lipinski definition) is 3. The number of benzene rings is 1. The second-order valence-electron chi connectivity index (χ2n) is 4.02. The zero-order valence-electron chi connectivity index (χ0n) is 8.60.